The van der Waals surface area contributed by atoms with Crippen LogP contribution < -0.4 is 4.90 Å². The molecule has 0 aromatic carbocycles. The molecule has 0 saturated carbocycles. The highest BCUT2D eigenvalue weighted by molar-refractivity contribution is 7.18. The van der Waals surface area contributed by atoms with Crippen LogP contribution in [0, 0.1) is 5.41 Å². The first-order valence-corrected chi connectivity index (χ1v) is 11.9. The van der Waals surface area contributed by atoms with E-state index in [0.29, 0.717) is 15.7 Å². The summed E-state index contributed by atoms with van der Waals surface area (Å²) < 4.78 is 40.5. The summed E-state index contributed by atoms with van der Waals surface area (Å²) in [5, 5.41) is 5.38. The summed E-state index contributed by atoms with van der Waals surface area (Å²) in [5.74, 6) is 0.780. The van der Waals surface area contributed by atoms with Crippen molar-refractivity contribution in [3.63, 3.8) is 0 Å². The molecule has 1 spiro atoms. The van der Waals surface area contributed by atoms with Gasteiger partial charge in [-0.1, -0.05) is 0 Å². The lowest BCUT2D eigenvalue weighted by molar-refractivity contribution is -0.126. The number of fused-ring (bicyclic) bond motifs is 2. The molecule has 6 nitrogen and oxygen atoms in total. The zero-order valence-corrected chi connectivity index (χ0v) is 18.7. The number of anilines is 1. The van der Waals surface area contributed by atoms with E-state index in [9.17, 15) is 13.2 Å². The molecule has 10 heteroatoms. The van der Waals surface area contributed by atoms with Crippen LogP contribution in [0.4, 0.5) is 19.0 Å². The lowest BCUT2D eigenvalue weighted by atomic mass is 9.76. The van der Waals surface area contributed by atoms with Gasteiger partial charge in [-0.15, -0.1) is 11.3 Å². The van der Waals surface area contributed by atoms with Crippen LogP contribution in [0.25, 0.3) is 10.2 Å². The predicted molar refractivity (Wildman–Crippen MR) is 117 cm³/mol. The highest BCUT2D eigenvalue weighted by Gasteiger charge is 2.50. The minimum absolute atomic E-state index is 0.238. The van der Waals surface area contributed by atoms with Crippen LogP contribution >= 0.6 is 11.3 Å². The van der Waals surface area contributed by atoms with E-state index in [-0.39, 0.29) is 5.41 Å². The third-order valence-corrected chi connectivity index (χ3v) is 8.22. The quantitative estimate of drug-likeness (QED) is 0.586. The molecule has 2 aliphatic heterocycles. The van der Waals surface area contributed by atoms with Gasteiger partial charge in [0.1, 0.15) is 17.0 Å². The summed E-state index contributed by atoms with van der Waals surface area (Å²) in [6.45, 7) is 3.89. The summed E-state index contributed by atoms with van der Waals surface area (Å²) in [6, 6.07) is 2.09. The Morgan fingerprint density at radius 3 is 2.88 bits per heavy atom. The van der Waals surface area contributed by atoms with E-state index in [1.807, 2.05) is 11.7 Å². The van der Waals surface area contributed by atoms with Crippen LogP contribution in [0.3, 0.4) is 0 Å². The number of alkyl halides is 3. The first-order valence-electron chi connectivity index (χ1n) is 11.1. The van der Waals surface area contributed by atoms with Crippen molar-refractivity contribution in [1.82, 2.24) is 24.6 Å². The normalized spacial score (nSPS) is 23.1. The number of hydrogen-bond donors (Lipinski definition) is 0. The largest absolute Gasteiger partial charge is 0.393 e. The van der Waals surface area contributed by atoms with Gasteiger partial charge in [-0.05, 0) is 31.7 Å². The Morgan fingerprint density at radius 2 is 2.06 bits per heavy atom. The Bertz CT molecular complexity index is 1160. The molecule has 1 unspecified atom stereocenters. The minimum Gasteiger partial charge on any atom is -0.355 e. The Hall–Kier alpha value is -2.20. The molecule has 32 heavy (non-hydrogen) atoms. The van der Waals surface area contributed by atoms with Crippen LogP contribution in [0.1, 0.15) is 41.4 Å². The van der Waals surface area contributed by atoms with Gasteiger partial charge in [-0.2, -0.15) is 18.3 Å². The summed E-state index contributed by atoms with van der Waals surface area (Å²) in [5.41, 5.74) is 2.87. The number of thiophene rings is 1. The molecule has 3 aromatic rings. The minimum atomic E-state index is -4.21. The van der Waals surface area contributed by atoms with Crippen molar-refractivity contribution < 1.29 is 13.2 Å². The third-order valence-electron chi connectivity index (χ3n) is 7.18. The van der Waals surface area contributed by atoms with Gasteiger partial charge in [-0.3, -0.25) is 9.58 Å². The molecule has 0 N–H and O–H groups in total. The van der Waals surface area contributed by atoms with Crippen molar-refractivity contribution in [3.8, 4) is 0 Å². The van der Waals surface area contributed by atoms with Crippen LogP contribution in [-0.2, 0) is 19.9 Å². The molecule has 6 rings (SSSR count). The highest BCUT2D eigenvalue weighted by Crippen LogP contribution is 2.47. The van der Waals surface area contributed by atoms with Crippen molar-refractivity contribution in [2.75, 3.05) is 31.1 Å². The lowest BCUT2D eigenvalue weighted by Gasteiger charge is -2.52. The van der Waals surface area contributed by atoms with Gasteiger partial charge in [0.25, 0.3) is 0 Å². The van der Waals surface area contributed by atoms with E-state index >= 15 is 0 Å². The highest BCUT2D eigenvalue weighted by atomic mass is 32.1. The molecule has 0 bridgehead atoms. The fourth-order valence-electron chi connectivity index (χ4n) is 5.86. The van der Waals surface area contributed by atoms with E-state index in [1.54, 1.807) is 6.07 Å². The lowest BCUT2D eigenvalue weighted by Crippen LogP contribution is -2.58. The van der Waals surface area contributed by atoms with Gasteiger partial charge in [0.05, 0.1) is 17.5 Å². The molecule has 170 valence electrons. The summed E-state index contributed by atoms with van der Waals surface area (Å²) in [6.07, 6.45) is 3.05. The van der Waals surface area contributed by atoms with Crippen molar-refractivity contribution in [1.29, 1.82) is 0 Å². The summed E-state index contributed by atoms with van der Waals surface area (Å²) in [7, 11) is 1.99. The Labute approximate surface area is 188 Å². The first-order chi connectivity index (χ1) is 15.3. The Balaban J connectivity index is 1.18. The molecular weight excluding hydrogens is 437 g/mol. The second-order valence-corrected chi connectivity index (χ2v) is 10.7. The third kappa shape index (κ3) is 3.48. The fraction of sp³-hybridized carbons (Fsp3) is 0.591. The van der Waals surface area contributed by atoms with Crippen LogP contribution in [0.15, 0.2) is 18.6 Å². The topological polar surface area (TPSA) is 50.1 Å². The maximum Gasteiger partial charge on any atom is 0.393 e. The molecule has 3 aromatic heterocycles. The van der Waals surface area contributed by atoms with Gasteiger partial charge in [0, 0.05) is 61.3 Å². The van der Waals surface area contributed by atoms with E-state index < -0.39 is 12.6 Å². The maximum atomic E-state index is 12.9. The molecule has 2 fully saturated rings. The zero-order chi connectivity index (χ0) is 22.1. The second kappa shape index (κ2) is 7.15. The van der Waals surface area contributed by atoms with E-state index in [2.05, 4.69) is 31.1 Å². The van der Waals surface area contributed by atoms with E-state index in [0.717, 1.165) is 61.6 Å². The van der Waals surface area contributed by atoms with Gasteiger partial charge in [-0.25, -0.2) is 9.97 Å². The molecule has 2 saturated heterocycles. The SMILES string of the molecule is Cn1cc2c(n1)CCCC2N1CC2(CCN(c3ncnc4sc(CC(F)(F)F)cc34)C2)C1. The van der Waals surface area contributed by atoms with Crippen LogP contribution in [-0.4, -0.2) is 57.0 Å². The van der Waals surface area contributed by atoms with Crippen molar-refractivity contribution in [3.05, 3.63) is 34.7 Å². The van der Waals surface area contributed by atoms with Gasteiger partial charge >= 0.3 is 6.18 Å². The maximum absolute atomic E-state index is 12.9. The van der Waals surface area contributed by atoms with Gasteiger partial charge in [0.2, 0.25) is 0 Å². The molecule has 1 aliphatic carbocycles. The van der Waals surface area contributed by atoms with Crippen LogP contribution in [0.2, 0.25) is 0 Å². The molecule has 0 radical (unpaired) electrons. The fourth-order valence-corrected chi connectivity index (χ4v) is 6.88. The number of hydrogen-bond acceptors (Lipinski definition) is 6. The van der Waals surface area contributed by atoms with Gasteiger partial charge < -0.3 is 4.90 Å². The standard InChI is InChI=1S/C22H25F3N6S/c1-29-9-16-17(28-29)3-2-4-18(16)31-11-21(12-31)5-6-30(10-21)19-15-7-14(8-22(23,24)25)32-20(15)27-13-26-19/h7,9,13,18H,2-6,8,10-12H2,1H3. The smallest absolute Gasteiger partial charge is 0.355 e. The average molecular weight is 463 g/mol. The van der Waals surface area contributed by atoms with E-state index in [1.165, 1.54) is 30.4 Å². The average Bonchev–Trinajstić information content (AvgIpc) is 3.39. The molecule has 5 heterocycles. The van der Waals surface area contributed by atoms with Gasteiger partial charge in [0.15, 0.2) is 0 Å². The Morgan fingerprint density at radius 1 is 1.22 bits per heavy atom. The second-order valence-electron chi connectivity index (χ2n) is 9.61. The molecule has 0 amide bonds. The number of halogens is 3. The first kappa shape index (κ1) is 20.4. The molecular formula is C22H25F3N6S. The monoisotopic (exact) mass is 462 g/mol. The summed E-state index contributed by atoms with van der Waals surface area (Å²) in [4.78, 5) is 14.5. The number of rotatable bonds is 3. The van der Waals surface area contributed by atoms with Crippen molar-refractivity contribution >= 4 is 27.4 Å². The summed E-state index contributed by atoms with van der Waals surface area (Å²) >= 11 is 1.12. The number of aryl methyl sites for hydroxylation is 2. The van der Waals surface area contributed by atoms with Crippen molar-refractivity contribution in [2.45, 2.75) is 44.3 Å². The number of aromatic nitrogens is 4. The molecule has 1 atom stereocenters. The number of nitrogens with zero attached hydrogens (tertiary/aromatic N) is 6. The molecule has 3 aliphatic rings. The predicted octanol–water partition coefficient (Wildman–Crippen LogP) is 4.12. The number of likely N-dealkylation sites (tertiary alicyclic amines) is 1. The Kier molecular flexibility index (Phi) is 4.56. The van der Waals surface area contributed by atoms with E-state index in [4.69, 9.17) is 0 Å². The zero-order valence-electron chi connectivity index (χ0n) is 17.9. The van der Waals surface area contributed by atoms with Crippen molar-refractivity contribution in [2.24, 2.45) is 12.5 Å². The van der Waals surface area contributed by atoms with Crippen LogP contribution in [0.5, 0.6) is 0 Å².